The van der Waals surface area contributed by atoms with E-state index in [1.54, 1.807) is 28.6 Å². The van der Waals surface area contributed by atoms with E-state index in [2.05, 4.69) is 35.6 Å². The van der Waals surface area contributed by atoms with E-state index in [0.717, 1.165) is 27.4 Å². The Kier molecular flexibility index (Phi) is 7.00. The fraction of sp³-hybridized carbons (Fsp3) is 0.250. The molecule has 0 saturated carbocycles. The highest BCUT2D eigenvalue weighted by Crippen LogP contribution is 2.23. The van der Waals surface area contributed by atoms with Crippen molar-refractivity contribution in [3.63, 3.8) is 0 Å². The van der Waals surface area contributed by atoms with Crippen molar-refractivity contribution in [2.75, 3.05) is 12.4 Å². The molecule has 3 aromatic rings. The van der Waals surface area contributed by atoms with Crippen LogP contribution < -0.4 is 15.5 Å². The van der Waals surface area contributed by atoms with Crippen molar-refractivity contribution in [1.82, 2.24) is 4.57 Å². The smallest absolute Gasteiger partial charge is 0.244 e. The molecule has 0 bridgehead atoms. The molecule has 6 heteroatoms. The first kappa shape index (κ1) is 21.7. The Bertz CT molecular complexity index is 1080. The van der Waals surface area contributed by atoms with Crippen molar-refractivity contribution < 1.29 is 9.53 Å². The van der Waals surface area contributed by atoms with Crippen molar-refractivity contribution in [2.45, 2.75) is 38.0 Å². The Morgan fingerprint density at radius 2 is 1.67 bits per heavy atom. The quantitative estimate of drug-likeness (QED) is 0.560. The van der Waals surface area contributed by atoms with Gasteiger partial charge in [-0.1, -0.05) is 23.8 Å². The topological polar surface area (TPSA) is 60.3 Å². The lowest BCUT2D eigenvalue weighted by molar-refractivity contribution is -0.116. The van der Waals surface area contributed by atoms with Gasteiger partial charge < -0.3 is 14.6 Å². The predicted octanol–water partition coefficient (Wildman–Crippen LogP) is 4.71. The SMILES string of the molecule is COc1cn(CC(=O)Nc2cc(C)cc(C)c2)c(CSc2ccc(C)cc2)cc1=O. The number of amides is 1. The molecule has 5 nitrogen and oxygen atoms in total. The molecule has 1 amide bonds. The van der Waals surface area contributed by atoms with E-state index in [0.29, 0.717) is 5.75 Å². The van der Waals surface area contributed by atoms with Crippen LogP contribution in [-0.4, -0.2) is 17.6 Å². The molecule has 0 aliphatic carbocycles. The van der Waals surface area contributed by atoms with Gasteiger partial charge in [0.1, 0.15) is 6.54 Å². The van der Waals surface area contributed by atoms with Crippen LogP contribution in [0.25, 0.3) is 0 Å². The largest absolute Gasteiger partial charge is 0.491 e. The van der Waals surface area contributed by atoms with Crippen LogP contribution in [0.15, 0.2) is 64.4 Å². The highest BCUT2D eigenvalue weighted by atomic mass is 32.2. The van der Waals surface area contributed by atoms with E-state index in [4.69, 9.17) is 4.74 Å². The first-order valence-corrected chi connectivity index (χ1v) is 10.7. The van der Waals surface area contributed by atoms with E-state index in [-0.39, 0.29) is 23.6 Å². The van der Waals surface area contributed by atoms with Gasteiger partial charge in [-0.25, -0.2) is 0 Å². The molecule has 2 aromatic carbocycles. The van der Waals surface area contributed by atoms with Crippen LogP contribution in [0.3, 0.4) is 0 Å². The lowest BCUT2D eigenvalue weighted by Crippen LogP contribution is -2.22. The van der Waals surface area contributed by atoms with E-state index >= 15 is 0 Å². The number of hydrogen-bond donors (Lipinski definition) is 1. The number of anilines is 1. The molecule has 1 aromatic heterocycles. The summed E-state index contributed by atoms with van der Waals surface area (Å²) in [7, 11) is 1.46. The van der Waals surface area contributed by atoms with E-state index < -0.39 is 0 Å². The lowest BCUT2D eigenvalue weighted by atomic mass is 10.1. The standard InChI is InChI=1S/C24H26N2O3S/c1-16-5-7-21(8-6-16)30-15-20-12-22(27)23(29-4)13-26(20)14-24(28)25-19-10-17(2)9-18(3)11-19/h5-13H,14-15H2,1-4H3,(H,25,28). The summed E-state index contributed by atoms with van der Waals surface area (Å²) in [6.45, 7) is 6.13. The molecule has 30 heavy (non-hydrogen) atoms. The molecule has 0 spiro atoms. The molecule has 0 fully saturated rings. The Balaban J connectivity index is 1.79. The number of nitrogens with one attached hydrogen (secondary N) is 1. The molecule has 0 saturated heterocycles. The second-order valence-electron chi connectivity index (χ2n) is 7.35. The third kappa shape index (κ3) is 5.76. The average Bonchev–Trinajstić information content (AvgIpc) is 2.68. The molecule has 0 radical (unpaired) electrons. The zero-order valence-corrected chi connectivity index (χ0v) is 18.5. The van der Waals surface area contributed by atoms with Crippen LogP contribution in [0.1, 0.15) is 22.4 Å². The molecule has 0 aliphatic heterocycles. The summed E-state index contributed by atoms with van der Waals surface area (Å²) in [6.07, 6.45) is 1.61. The van der Waals surface area contributed by atoms with Gasteiger partial charge in [0, 0.05) is 28.1 Å². The van der Waals surface area contributed by atoms with Crippen LogP contribution in [0.4, 0.5) is 5.69 Å². The summed E-state index contributed by atoms with van der Waals surface area (Å²) < 4.78 is 6.95. The summed E-state index contributed by atoms with van der Waals surface area (Å²) in [6, 6.07) is 15.7. The summed E-state index contributed by atoms with van der Waals surface area (Å²) in [5, 5.41) is 2.95. The summed E-state index contributed by atoms with van der Waals surface area (Å²) in [5.41, 5.74) is 4.71. The molecule has 1 heterocycles. The van der Waals surface area contributed by atoms with Gasteiger partial charge in [0.25, 0.3) is 0 Å². The fourth-order valence-corrected chi connectivity index (χ4v) is 4.10. The van der Waals surface area contributed by atoms with Gasteiger partial charge in [0.2, 0.25) is 11.3 Å². The maximum atomic E-state index is 12.7. The average molecular weight is 423 g/mol. The van der Waals surface area contributed by atoms with Gasteiger partial charge in [-0.2, -0.15) is 0 Å². The Hall–Kier alpha value is -2.99. The minimum Gasteiger partial charge on any atom is -0.491 e. The number of hydrogen-bond acceptors (Lipinski definition) is 4. The van der Waals surface area contributed by atoms with Gasteiger partial charge in [0.15, 0.2) is 5.75 Å². The first-order chi connectivity index (χ1) is 14.3. The molecule has 3 rings (SSSR count). The normalized spacial score (nSPS) is 10.7. The number of carbonyl (C=O) groups excluding carboxylic acids is 1. The third-order valence-corrected chi connectivity index (χ3v) is 5.68. The summed E-state index contributed by atoms with van der Waals surface area (Å²) in [4.78, 5) is 26.1. The monoisotopic (exact) mass is 422 g/mol. The van der Waals surface area contributed by atoms with Crippen molar-refractivity contribution in [3.05, 3.63) is 87.3 Å². The Labute approximate surface area is 181 Å². The summed E-state index contributed by atoms with van der Waals surface area (Å²) in [5.74, 6) is 0.629. The number of thioether (sulfide) groups is 1. The predicted molar refractivity (Wildman–Crippen MR) is 123 cm³/mol. The van der Waals surface area contributed by atoms with Gasteiger partial charge in [-0.15, -0.1) is 11.8 Å². The zero-order chi connectivity index (χ0) is 21.7. The highest BCUT2D eigenvalue weighted by Gasteiger charge is 2.12. The maximum Gasteiger partial charge on any atom is 0.244 e. The summed E-state index contributed by atoms with van der Waals surface area (Å²) >= 11 is 1.62. The molecule has 1 N–H and O–H groups in total. The number of nitrogens with zero attached hydrogens (tertiary/aromatic N) is 1. The van der Waals surface area contributed by atoms with Crippen molar-refractivity contribution in [2.24, 2.45) is 0 Å². The number of carbonyl (C=O) groups is 1. The van der Waals surface area contributed by atoms with Gasteiger partial charge in [-0.05, 0) is 56.2 Å². The number of pyridine rings is 1. The van der Waals surface area contributed by atoms with E-state index in [1.165, 1.54) is 12.7 Å². The Morgan fingerprint density at radius 3 is 2.30 bits per heavy atom. The Morgan fingerprint density at radius 1 is 1.00 bits per heavy atom. The number of ether oxygens (including phenoxy) is 1. The van der Waals surface area contributed by atoms with Crippen LogP contribution in [0, 0.1) is 20.8 Å². The van der Waals surface area contributed by atoms with Crippen LogP contribution in [-0.2, 0) is 17.1 Å². The number of rotatable bonds is 7. The van der Waals surface area contributed by atoms with E-state index in [9.17, 15) is 9.59 Å². The van der Waals surface area contributed by atoms with Crippen LogP contribution >= 0.6 is 11.8 Å². The van der Waals surface area contributed by atoms with Crippen LogP contribution in [0.2, 0.25) is 0 Å². The van der Waals surface area contributed by atoms with Gasteiger partial charge >= 0.3 is 0 Å². The first-order valence-electron chi connectivity index (χ1n) is 9.69. The second-order valence-corrected chi connectivity index (χ2v) is 8.40. The maximum absolute atomic E-state index is 12.7. The van der Waals surface area contributed by atoms with Gasteiger partial charge in [0.05, 0.1) is 13.3 Å². The van der Waals surface area contributed by atoms with Crippen molar-refractivity contribution >= 4 is 23.4 Å². The fourth-order valence-electron chi connectivity index (χ4n) is 3.21. The molecular formula is C24H26N2O3S. The minimum atomic E-state index is -0.192. The van der Waals surface area contributed by atoms with Crippen molar-refractivity contribution in [1.29, 1.82) is 0 Å². The number of benzene rings is 2. The molecular weight excluding hydrogens is 396 g/mol. The van der Waals surface area contributed by atoms with E-state index in [1.807, 2.05) is 32.9 Å². The zero-order valence-electron chi connectivity index (χ0n) is 17.7. The molecule has 0 unspecified atom stereocenters. The van der Waals surface area contributed by atoms with Crippen LogP contribution in [0.5, 0.6) is 5.75 Å². The van der Waals surface area contributed by atoms with Gasteiger partial charge in [-0.3, -0.25) is 9.59 Å². The lowest BCUT2D eigenvalue weighted by Gasteiger charge is -2.15. The molecule has 156 valence electrons. The second kappa shape index (κ2) is 9.67. The van der Waals surface area contributed by atoms with Crippen molar-refractivity contribution in [3.8, 4) is 5.75 Å². The number of aryl methyl sites for hydroxylation is 3. The number of methoxy groups -OCH3 is 1. The highest BCUT2D eigenvalue weighted by molar-refractivity contribution is 7.98. The number of aromatic nitrogens is 1. The molecule has 0 aliphatic rings. The third-order valence-electron chi connectivity index (χ3n) is 4.63. The molecule has 0 atom stereocenters. The minimum absolute atomic E-state index is 0.0907.